The quantitative estimate of drug-likeness (QED) is 0.424. The first-order valence-electron chi connectivity index (χ1n) is 9.64. The summed E-state index contributed by atoms with van der Waals surface area (Å²) in [7, 11) is 1.54. The standard InChI is InChI=1S/C21H32O3/c1-6-18(2)11-8-14-19(3)9-7-10-20(4,17(22)23-5)15(19)12-16-21(14,13-18)24-16/h6,14-16H,1,7-13H2,2-5H3/t14-,15-,16-,18+,19-,20-,21+/m1/s1. The van der Waals surface area contributed by atoms with Crippen LogP contribution in [0.3, 0.4) is 0 Å². The van der Waals surface area contributed by atoms with Gasteiger partial charge in [-0.15, -0.1) is 6.58 Å². The highest BCUT2D eigenvalue weighted by Crippen LogP contribution is 2.73. The molecule has 3 heteroatoms. The first-order valence-corrected chi connectivity index (χ1v) is 9.64. The molecule has 0 aromatic rings. The van der Waals surface area contributed by atoms with Gasteiger partial charge in [0.15, 0.2) is 0 Å². The summed E-state index contributed by atoms with van der Waals surface area (Å²) in [5, 5.41) is 0. The van der Waals surface area contributed by atoms with Crippen molar-refractivity contribution >= 4 is 5.97 Å². The third kappa shape index (κ3) is 1.91. The predicted octanol–water partition coefficient (Wildman–Crippen LogP) is 4.51. The average molecular weight is 332 g/mol. The summed E-state index contributed by atoms with van der Waals surface area (Å²) in [6.45, 7) is 11.0. The van der Waals surface area contributed by atoms with E-state index in [0.29, 0.717) is 17.9 Å². The molecule has 24 heavy (non-hydrogen) atoms. The Morgan fingerprint density at radius 1 is 1.21 bits per heavy atom. The van der Waals surface area contributed by atoms with E-state index in [0.717, 1.165) is 25.7 Å². The molecule has 134 valence electrons. The van der Waals surface area contributed by atoms with Gasteiger partial charge < -0.3 is 9.47 Å². The minimum Gasteiger partial charge on any atom is -0.469 e. The topological polar surface area (TPSA) is 38.8 Å². The molecule has 1 aliphatic heterocycles. The van der Waals surface area contributed by atoms with Gasteiger partial charge in [-0.2, -0.15) is 0 Å². The molecule has 1 heterocycles. The van der Waals surface area contributed by atoms with Crippen LogP contribution in [-0.2, 0) is 14.3 Å². The number of ether oxygens (including phenoxy) is 2. The Bertz CT molecular complexity index is 586. The lowest BCUT2D eigenvalue weighted by Gasteiger charge is -2.60. The smallest absolute Gasteiger partial charge is 0.311 e. The third-order valence-corrected chi connectivity index (χ3v) is 8.49. The van der Waals surface area contributed by atoms with Crippen LogP contribution >= 0.6 is 0 Å². The Balaban J connectivity index is 1.71. The van der Waals surface area contributed by atoms with E-state index in [1.54, 1.807) is 0 Å². The Hall–Kier alpha value is -0.830. The van der Waals surface area contributed by atoms with Gasteiger partial charge in [0.25, 0.3) is 0 Å². The number of allylic oxidation sites excluding steroid dienone is 1. The van der Waals surface area contributed by atoms with Crippen molar-refractivity contribution < 1.29 is 14.3 Å². The molecule has 1 spiro atoms. The van der Waals surface area contributed by atoms with Crippen molar-refractivity contribution in [3.8, 4) is 0 Å². The van der Waals surface area contributed by atoms with Crippen LogP contribution in [0.25, 0.3) is 0 Å². The van der Waals surface area contributed by atoms with Gasteiger partial charge in [0, 0.05) is 0 Å². The number of carbonyl (C=O) groups excluding carboxylic acids is 1. The van der Waals surface area contributed by atoms with Gasteiger partial charge in [-0.1, -0.05) is 26.3 Å². The maximum absolute atomic E-state index is 12.6. The Kier molecular flexibility index (Phi) is 3.37. The maximum Gasteiger partial charge on any atom is 0.311 e. The van der Waals surface area contributed by atoms with E-state index in [2.05, 4.69) is 33.4 Å². The normalized spacial score (nSPS) is 55.6. The van der Waals surface area contributed by atoms with Gasteiger partial charge in [0.1, 0.15) is 0 Å². The summed E-state index contributed by atoms with van der Waals surface area (Å²) in [6, 6.07) is 0. The molecule has 0 N–H and O–H groups in total. The first-order chi connectivity index (χ1) is 11.2. The third-order valence-electron chi connectivity index (χ3n) is 8.49. The summed E-state index contributed by atoms with van der Waals surface area (Å²) in [5.41, 5.74) is 0.102. The van der Waals surface area contributed by atoms with E-state index in [1.807, 2.05) is 0 Å². The second-order valence-corrected chi connectivity index (χ2v) is 9.74. The zero-order chi connectivity index (χ0) is 17.4. The number of hydrogen-bond acceptors (Lipinski definition) is 3. The molecule has 3 saturated carbocycles. The van der Waals surface area contributed by atoms with Crippen molar-refractivity contribution in [3.63, 3.8) is 0 Å². The van der Waals surface area contributed by atoms with Gasteiger partial charge in [0.05, 0.1) is 24.2 Å². The number of epoxide rings is 1. The number of hydrogen-bond donors (Lipinski definition) is 0. The zero-order valence-electron chi connectivity index (χ0n) is 15.7. The Morgan fingerprint density at radius 3 is 2.62 bits per heavy atom. The summed E-state index contributed by atoms with van der Waals surface area (Å²) >= 11 is 0. The van der Waals surface area contributed by atoms with E-state index in [-0.39, 0.29) is 27.8 Å². The van der Waals surface area contributed by atoms with Crippen molar-refractivity contribution in [2.24, 2.45) is 28.1 Å². The van der Waals surface area contributed by atoms with E-state index in [9.17, 15) is 4.79 Å². The van der Waals surface area contributed by atoms with Crippen LogP contribution in [0.1, 0.15) is 65.7 Å². The van der Waals surface area contributed by atoms with Crippen LogP contribution in [0.2, 0.25) is 0 Å². The minimum atomic E-state index is -0.348. The Labute approximate surface area is 146 Å². The summed E-state index contributed by atoms with van der Waals surface area (Å²) < 4.78 is 11.7. The lowest BCUT2D eigenvalue weighted by Crippen LogP contribution is -2.59. The van der Waals surface area contributed by atoms with Crippen LogP contribution in [0.5, 0.6) is 0 Å². The first kappa shape index (κ1) is 16.6. The van der Waals surface area contributed by atoms with Gasteiger partial charge in [0.2, 0.25) is 0 Å². The highest BCUT2D eigenvalue weighted by Gasteiger charge is 2.75. The molecule has 0 aromatic carbocycles. The molecule has 0 unspecified atom stereocenters. The van der Waals surface area contributed by atoms with E-state index in [4.69, 9.17) is 9.47 Å². The van der Waals surface area contributed by atoms with Gasteiger partial charge in [-0.05, 0) is 68.1 Å². The highest BCUT2D eigenvalue weighted by molar-refractivity contribution is 5.77. The zero-order valence-corrected chi connectivity index (χ0v) is 15.7. The molecule has 4 aliphatic rings. The molecular weight excluding hydrogens is 300 g/mol. The van der Waals surface area contributed by atoms with Crippen LogP contribution in [0, 0.1) is 28.1 Å². The lowest BCUT2D eigenvalue weighted by molar-refractivity contribution is -0.173. The van der Waals surface area contributed by atoms with Crippen LogP contribution < -0.4 is 0 Å². The molecule has 0 radical (unpaired) electrons. The Morgan fingerprint density at radius 2 is 1.96 bits per heavy atom. The molecule has 0 amide bonds. The molecule has 0 aromatic heterocycles. The van der Waals surface area contributed by atoms with Crippen LogP contribution in [-0.4, -0.2) is 24.8 Å². The molecule has 7 atom stereocenters. The highest BCUT2D eigenvalue weighted by atomic mass is 16.6. The van der Waals surface area contributed by atoms with E-state index < -0.39 is 0 Å². The molecule has 1 saturated heterocycles. The van der Waals surface area contributed by atoms with E-state index in [1.165, 1.54) is 26.4 Å². The van der Waals surface area contributed by atoms with Crippen LogP contribution in [0.4, 0.5) is 0 Å². The average Bonchev–Trinajstić information content (AvgIpc) is 3.23. The molecule has 3 aliphatic carbocycles. The fourth-order valence-electron chi connectivity index (χ4n) is 7.11. The molecular formula is C21H32O3. The van der Waals surface area contributed by atoms with Crippen molar-refractivity contribution in [2.45, 2.75) is 77.4 Å². The number of methoxy groups -OCH3 is 1. The maximum atomic E-state index is 12.6. The largest absolute Gasteiger partial charge is 0.469 e. The van der Waals surface area contributed by atoms with Crippen molar-refractivity contribution in [1.82, 2.24) is 0 Å². The molecule has 4 rings (SSSR count). The van der Waals surface area contributed by atoms with Gasteiger partial charge >= 0.3 is 5.97 Å². The number of fused-ring (bicyclic) bond motifs is 2. The summed E-state index contributed by atoms with van der Waals surface area (Å²) in [6.07, 6.45) is 10.3. The van der Waals surface area contributed by atoms with Gasteiger partial charge in [-0.25, -0.2) is 0 Å². The molecule has 0 bridgehead atoms. The van der Waals surface area contributed by atoms with E-state index >= 15 is 0 Å². The van der Waals surface area contributed by atoms with Crippen LogP contribution in [0.15, 0.2) is 12.7 Å². The lowest BCUT2D eigenvalue weighted by atomic mass is 9.43. The minimum absolute atomic E-state index is 0.0154. The van der Waals surface area contributed by atoms with Crippen molar-refractivity contribution in [3.05, 3.63) is 12.7 Å². The summed E-state index contributed by atoms with van der Waals surface area (Å²) in [5.74, 6) is 0.939. The number of esters is 1. The predicted molar refractivity (Wildman–Crippen MR) is 93.4 cm³/mol. The summed E-state index contributed by atoms with van der Waals surface area (Å²) in [4.78, 5) is 12.6. The molecule has 4 fully saturated rings. The number of rotatable bonds is 2. The van der Waals surface area contributed by atoms with Crippen molar-refractivity contribution in [2.75, 3.05) is 7.11 Å². The second-order valence-electron chi connectivity index (χ2n) is 9.74. The monoisotopic (exact) mass is 332 g/mol. The fraction of sp³-hybridized carbons (Fsp3) is 0.857. The SMILES string of the molecule is C=C[C@@]1(C)CC[C@@H]2[C@@]3(C)CCC[C@@](C)(C(=O)OC)[C@@H]3C[C@H]3O[C@@]23C1. The second kappa shape index (κ2) is 4.87. The fourth-order valence-corrected chi connectivity index (χ4v) is 7.11. The van der Waals surface area contributed by atoms with Crippen molar-refractivity contribution in [1.29, 1.82) is 0 Å². The number of carbonyl (C=O) groups is 1. The molecule has 3 nitrogen and oxygen atoms in total. The van der Waals surface area contributed by atoms with Gasteiger partial charge in [-0.3, -0.25) is 4.79 Å².